The zero-order chi connectivity index (χ0) is 30.4. The third-order valence-electron chi connectivity index (χ3n) is 5.68. The minimum atomic E-state index is -3.15. The van der Waals surface area contributed by atoms with E-state index in [2.05, 4.69) is 16.6 Å². The van der Waals surface area contributed by atoms with Crippen molar-refractivity contribution in [2.24, 2.45) is 5.73 Å². The Morgan fingerprint density at radius 2 is 1.80 bits per heavy atom. The van der Waals surface area contributed by atoms with Crippen molar-refractivity contribution in [3.8, 4) is 18.1 Å². The first kappa shape index (κ1) is 34.7. The molecule has 6 unspecified atom stereocenters. The van der Waals surface area contributed by atoms with Crippen LogP contribution in [0, 0.1) is 12.3 Å². The summed E-state index contributed by atoms with van der Waals surface area (Å²) in [4.78, 5) is 35.9. The molecule has 8 N–H and O–H groups in total. The van der Waals surface area contributed by atoms with Crippen LogP contribution in [0.3, 0.4) is 0 Å². The lowest BCUT2D eigenvalue weighted by Gasteiger charge is -2.38. The van der Waals surface area contributed by atoms with Crippen LogP contribution >= 0.6 is 0 Å². The molecular formula is C26H37F2N3O9. The number of benzene rings is 1. The fraction of sp³-hybridized carbons (Fsp3) is 0.577. The highest BCUT2D eigenvalue weighted by Crippen LogP contribution is 2.34. The van der Waals surface area contributed by atoms with E-state index in [0.717, 1.165) is 25.0 Å². The number of unbranched alkanes of at least 4 members (excludes halogenated alkanes) is 3. The van der Waals surface area contributed by atoms with E-state index in [9.17, 15) is 38.5 Å². The van der Waals surface area contributed by atoms with Crippen LogP contribution < -0.4 is 21.1 Å². The highest BCUT2D eigenvalue weighted by atomic mass is 19.3. The second-order valence-electron chi connectivity index (χ2n) is 8.52. The van der Waals surface area contributed by atoms with Crippen LogP contribution in [0.25, 0.3) is 0 Å². The lowest BCUT2D eigenvalue weighted by atomic mass is 9.99. The number of carbonyl (C=O) groups is 3. The van der Waals surface area contributed by atoms with Gasteiger partial charge < -0.3 is 46.3 Å². The summed E-state index contributed by atoms with van der Waals surface area (Å²) in [6.07, 6.45) is -4.99. The van der Waals surface area contributed by atoms with Crippen LogP contribution in [-0.4, -0.2) is 81.5 Å². The summed E-state index contributed by atoms with van der Waals surface area (Å²) < 4.78 is 37.7. The number of amides is 2. The third kappa shape index (κ3) is 10.00. The molecule has 1 heterocycles. The Kier molecular flexibility index (Phi) is 15.1. The maximum Gasteiger partial charge on any atom is 0.335 e. The monoisotopic (exact) mass is 573 g/mol. The van der Waals surface area contributed by atoms with Gasteiger partial charge in [-0.15, -0.1) is 12.3 Å². The number of hydrogen-bond donors (Lipinski definition) is 7. The van der Waals surface area contributed by atoms with E-state index in [1.807, 2.05) is 13.8 Å². The number of alkyl halides is 2. The predicted octanol–water partition coefficient (Wildman–Crippen LogP) is 0.887. The first-order chi connectivity index (χ1) is 19.0. The summed E-state index contributed by atoms with van der Waals surface area (Å²) in [5.74, 6) is -0.878. The number of anilines is 1. The highest BCUT2D eigenvalue weighted by molar-refractivity contribution is 5.97. The average molecular weight is 574 g/mol. The van der Waals surface area contributed by atoms with Crippen LogP contribution in [0.4, 0.5) is 14.5 Å². The molecule has 0 bridgehead atoms. The van der Waals surface area contributed by atoms with E-state index in [1.165, 1.54) is 6.07 Å². The Morgan fingerprint density at radius 3 is 2.38 bits per heavy atom. The standard InChI is InChI=1S/C24H31F2N3O9.C2H6/c1-2-3-4-5-6-7-16(30)29-14(11-27)22(34)28-12-8-9-15(13(10-12)21(25)26)37-24-19(33)17(31)18(32)20(38-24)23(35)36;1-2/h1,8-10,14,17-21,24,31-33H,3-7,11,27H2,(H,28,34)(H,29,30)(H,35,36);1-2H3. The molecule has 14 heteroatoms. The molecule has 1 aromatic rings. The normalized spacial score (nSPS) is 22.8. The smallest absolute Gasteiger partial charge is 0.335 e. The van der Waals surface area contributed by atoms with E-state index in [-0.39, 0.29) is 18.7 Å². The summed E-state index contributed by atoms with van der Waals surface area (Å²) in [6.45, 7) is 3.74. The first-order valence-electron chi connectivity index (χ1n) is 12.7. The number of aliphatic hydroxyl groups excluding tert-OH is 3. The molecule has 1 aromatic carbocycles. The second kappa shape index (κ2) is 17.4. The number of halogens is 2. The SMILES string of the molecule is C#CCCCCCC(=O)NC(CN)C(=O)Nc1ccc(OC2OC(C(=O)O)C(O)C(O)C2O)c(C(F)F)c1.CC. The molecule has 0 spiro atoms. The summed E-state index contributed by atoms with van der Waals surface area (Å²) >= 11 is 0. The number of ether oxygens (including phenoxy) is 2. The van der Waals surface area contributed by atoms with Gasteiger partial charge >= 0.3 is 5.97 Å². The number of terminal acetylenes is 1. The number of nitrogens with one attached hydrogen (secondary N) is 2. The predicted molar refractivity (Wildman–Crippen MR) is 139 cm³/mol. The van der Waals surface area contributed by atoms with Crippen molar-refractivity contribution in [1.82, 2.24) is 5.32 Å². The number of aliphatic carboxylic acids is 1. The van der Waals surface area contributed by atoms with Crippen molar-refractivity contribution in [1.29, 1.82) is 0 Å². The first-order valence-corrected chi connectivity index (χ1v) is 12.7. The maximum absolute atomic E-state index is 13.8. The summed E-state index contributed by atoms with van der Waals surface area (Å²) in [5.41, 5.74) is 4.74. The third-order valence-corrected chi connectivity index (χ3v) is 5.68. The van der Waals surface area contributed by atoms with E-state index >= 15 is 0 Å². The molecule has 224 valence electrons. The Labute approximate surface area is 230 Å². The zero-order valence-electron chi connectivity index (χ0n) is 22.3. The van der Waals surface area contributed by atoms with Crippen molar-refractivity contribution < 1.29 is 53.1 Å². The van der Waals surface area contributed by atoms with Gasteiger partial charge in [-0.2, -0.15) is 0 Å². The largest absolute Gasteiger partial charge is 0.479 e. The number of nitrogens with two attached hydrogens (primary N) is 1. The number of carboxylic acid groups (broad SMARTS) is 1. The van der Waals surface area contributed by atoms with Crippen LogP contribution in [0.15, 0.2) is 18.2 Å². The van der Waals surface area contributed by atoms with E-state index in [4.69, 9.17) is 26.7 Å². The fourth-order valence-electron chi connectivity index (χ4n) is 3.60. The van der Waals surface area contributed by atoms with Gasteiger partial charge in [-0.1, -0.05) is 20.3 Å². The van der Waals surface area contributed by atoms with Gasteiger partial charge in [0.1, 0.15) is 30.1 Å². The van der Waals surface area contributed by atoms with Gasteiger partial charge in [0.2, 0.25) is 18.1 Å². The fourth-order valence-corrected chi connectivity index (χ4v) is 3.60. The lowest BCUT2D eigenvalue weighted by molar-refractivity contribution is -0.271. The van der Waals surface area contributed by atoms with Crippen LogP contribution in [-0.2, 0) is 19.1 Å². The second-order valence-corrected chi connectivity index (χ2v) is 8.52. The molecule has 0 aromatic heterocycles. The van der Waals surface area contributed by atoms with E-state index in [1.54, 1.807) is 0 Å². The molecule has 2 rings (SSSR count). The molecule has 0 radical (unpaired) electrons. The van der Waals surface area contributed by atoms with Crippen LogP contribution in [0.5, 0.6) is 5.75 Å². The minimum absolute atomic E-state index is 0.0939. The molecule has 1 saturated heterocycles. The number of rotatable bonds is 13. The average Bonchev–Trinajstić information content (AvgIpc) is 2.93. The van der Waals surface area contributed by atoms with Crippen molar-refractivity contribution >= 4 is 23.5 Å². The van der Waals surface area contributed by atoms with Gasteiger partial charge in [-0.05, 0) is 31.0 Å². The molecule has 0 aliphatic carbocycles. The number of carboxylic acids is 1. The molecule has 1 fully saturated rings. The lowest BCUT2D eigenvalue weighted by Crippen LogP contribution is -2.61. The Morgan fingerprint density at radius 1 is 1.12 bits per heavy atom. The molecule has 12 nitrogen and oxygen atoms in total. The van der Waals surface area contributed by atoms with E-state index < -0.39 is 72.3 Å². The minimum Gasteiger partial charge on any atom is -0.479 e. The molecule has 40 heavy (non-hydrogen) atoms. The number of aliphatic hydroxyl groups is 3. The topological polar surface area (TPSA) is 201 Å². The molecule has 1 aliphatic rings. The van der Waals surface area contributed by atoms with Crippen molar-refractivity contribution in [2.75, 3.05) is 11.9 Å². The van der Waals surface area contributed by atoms with Gasteiger partial charge in [0.15, 0.2) is 6.10 Å². The number of carbonyl (C=O) groups excluding carboxylic acids is 2. The Balaban J connectivity index is 0.00000391. The molecule has 2 amide bonds. The van der Waals surface area contributed by atoms with Crippen molar-refractivity contribution in [2.45, 2.75) is 89.1 Å². The van der Waals surface area contributed by atoms with Gasteiger partial charge in [-0.25, -0.2) is 13.6 Å². The van der Waals surface area contributed by atoms with E-state index in [0.29, 0.717) is 12.8 Å². The number of hydrogen-bond acceptors (Lipinski definition) is 9. The Bertz CT molecular complexity index is 1020. The van der Waals surface area contributed by atoms with Gasteiger partial charge in [0.05, 0.1) is 5.56 Å². The van der Waals surface area contributed by atoms with Gasteiger partial charge in [0.25, 0.3) is 6.43 Å². The van der Waals surface area contributed by atoms with Gasteiger partial charge in [0, 0.05) is 25.1 Å². The maximum atomic E-state index is 13.8. The molecule has 1 aliphatic heterocycles. The van der Waals surface area contributed by atoms with Gasteiger partial charge in [-0.3, -0.25) is 9.59 Å². The summed E-state index contributed by atoms with van der Waals surface area (Å²) in [6, 6.07) is 1.92. The summed E-state index contributed by atoms with van der Waals surface area (Å²) in [7, 11) is 0. The highest BCUT2D eigenvalue weighted by Gasteiger charge is 2.48. The van der Waals surface area contributed by atoms with Crippen LogP contribution in [0.1, 0.15) is 57.9 Å². The molecule has 6 atom stereocenters. The molecule has 0 saturated carbocycles. The Hall–Kier alpha value is -3.35. The quantitative estimate of drug-likeness (QED) is 0.131. The zero-order valence-corrected chi connectivity index (χ0v) is 22.3. The van der Waals surface area contributed by atoms with Crippen LogP contribution in [0.2, 0.25) is 0 Å². The molecular weight excluding hydrogens is 536 g/mol. The summed E-state index contributed by atoms with van der Waals surface area (Å²) in [5, 5.41) is 43.7. The van der Waals surface area contributed by atoms with Crippen molar-refractivity contribution in [3.63, 3.8) is 0 Å². The van der Waals surface area contributed by atoms with Crippen molar-refractivity contribution in [3.05, 3.63) is 23.8 Å².